The zero-order valence-corrected chi connectivity index (χ0v) is 17.6. The lowest BCUT2D eigenvalue weighted by atomic mass is 9.96. The van der Waals surface area contributed by atoms with E-state index in [-0.39, 0.29) is 5.56 Å². The van der Waals surface area contributed by atoms with Crippen molar-refractivity contribution in [2.45, 2.75) is 12.6 Å². The topological polar surface area (TPSA) is 54.6 Å². The molecule has 1 aliphatic rings. The van der Waals surface area contributed by atoms with Gasteiger partial charge in [0, 0.05) is 11.1 Å². The predicted octanol–water partition coefficient (Wildman–Crippen LogP) is 1.06. The summed E-state index contributed by atoms with van der Waals surface area (Å²) in [5.41, 5.74) is 3.55. The second-order valence-corrected chi connectivity index (χ2v) is 8.90. The average Bonchev–Trinajstić information content (AvgIpc) is 3.26. The minimum absolute atomic E-state index is 0.0121. The molecule has 1 aliphatic heterocycles. The first-order valence-corrected chi connectivity index (χ1v) is 11.4. The smallest absolute Gasteiger partial charge is 0.269 e. The van der Waals surface area contributed by atoms with Crippen LogP contribution in [-0.2, 0) is 6.54 Å². The minimum atomic E-state index is -0.0121. The van der Waals surface area contributed by atoms with Gasteiger partial charge < -0.3 is 14.8 Å². The summed E-state index contributed by atoms with van der Waals surface area (Å²) in [6.07, 6.45) is 0. The zero-order chi connectivity index (χ0) is 20.3. The molecule has 2 aromatic carbocycles. The first kappa shape index (κ1) is 19.2. The summed E-state index contributed by atoms with van der Waals surface area (Å²) in [5, 5.41) is 1.93. The van der Waals surface area contributed by atoms with Crippen molar-refractivity contribution in [1.29, 1.82) is 0 Å². The number of fused-ring (bicyclic) bond motifs is 1. The molecule has 3 N–H and O–H groups in total. The van der Waals surface area contributed by atoms with Gasteiger partial charge in [-0.2, -0.15) is 0 Å². The number of rotatable bonds is 5. The number of piperazine rings is 1. The van der Waals surface area contributed by atoms with Gasteiger partial charge in [0.1, 0.15) is 43.5 Å². The van der Waals surface area contributed by atoms with Crippen LogP contribution in [0.25, 0.3) is 10.2 Å². The van der Waals surface area contributed by atoms with Crippen molar-refractivity contribution in [2.75, 3.05) is 26.2 Å². The molecule has 0 saturated carbocycles. The molecular formula is C24H26N4OS+2. The molecule has 0 unspecified atom stereocenters. The van der Waals surface area contributed by atoms with E-state index >= 15 is 0 Å². The molecule has 1 saturated heterocycles. The average molecular weight is 419 g/mol. The van der Waals surface area contributed by atoms with Crippen LogP contribution in [0.4, 0.5) is 0 Å². The highest BCUT2D eigenvalue weighted by Crippen LogP contribution is 2.19. The molecule has 0 amide bonds. The molecule has 3 heterocycles. The summed E-state index contributed by atoms with van der Waals surface area (Å²) >= 11 is 1.45. The molecule has 0 radical (unpaired) electrons. The van der Waals surface area contributed by atoms with Crippen molar-refractivity contribution in [2.24, 2.45) is 0 Å². The third-order valence-corrected chi connectivity index (χ3v) is 6.96. The Morgan fingerprint density at radius 1 is 0.900 bits per heavy atom. The second-order valence-electron chi connectivity index (χ2n) is 7.99. The highest BCUT2D eigenvalue weighted by molar-refractivity contribution is 7.17. The molecule has 2 aromatic heterocycles. The number of benzene rings is 2. The third kappa shape index (κ3) is 3.94. The van der Waals surface area contributed by atoms with Gasteiger partial charge in [-0.05, 0) is 11.4 Å². The van der Waals surface area contributed by atoms with E-state index in [1.807, 2.05) is 11.4 Å². The molecule has 152 valence electrons. The largest absolute Gasteiger partial charge is 0.319 e. The van der Waals surface area contributed by atoms with Gasteiger partial charge in [-0.25, -0.2) is 4.98 Å². The minimum Gasteiger partial charge on any atom is -0.319 e. The molecule has 4 aromatic rings. The Balaban J connectivity index is 1.31. The van der Waals surface area contributed by atoms with Crippen LogP contribution in [0.15, 0.2) is 76.9 Å². The van der Waals surface area contributed by atoms with Crippen LogP contribution >= 0.6 is 11.3 Å². The van der Waals surface area contributed by atoms with Crippen molar-refractivity contribution in [3.05, 3.63) is 99.4 Å². The molecular weight excluding hydrogens is 392 g/mol. The second kappa shape index (κ2) is 8.52. The van der Waals surface area contributed by atoms with Crippen molar-refractivity contribution >= 4 is 21.6 Å². The highest BCUT2D eigenvalue weighted by atomic mass is 32.1. The Labute approximate surface area is 179 Å². The quantitative estimate of drug-likeness (QED) is 0.454. The fraction of sp³-hybridized carbons (Fsp3) is 0.250. The third-order valence-electron chi connectivity index (χ3n) is 6.05. The van der Waals surface area contributed by atoms with Gasteiger partial charge in [-0.3, -0.25) is 4.79 Å². The van der Waals surface area contributed by atoms with Crippen molar-refractivity contribution in [3.63, 3.8) is 0 Å². The molecule has 0 bridgehead atoms. The van der Waals surface area contributed by atoms with E-state index in [0.29, 0.717) is 6.04 Å². The molecule has 5 rings (SSSR count). The first-order chi connectivity index (χ1) is 14.8. The SMILES string of the molecule is O=c1[nH]c(C[NH+]2CC[NH+](C(c3ccccc3)c3ccccc3)CC2)nc2ccsc12. The van der Waals surface area contributed by atoms with Gasteiger partial charge in [-0.15, -0.1) is 11.3 Å². The van der Waals surface area contributed by atoms with E-state index in [1.165, 1.54) is 27.4 Å². The van der Waals surface area contributed by atoms with Crippen LogP contribution < -0.4 is 15.4 Å². The van der Waals surface area contributed by atoms with E-state index in [4.69, 9.17) is 0 Å². The van der Waals surface area contributed by atoms with Crippen LogP contribution in [0.1, 0.15) is 23.0 Å². The lowest BCUT2D eigenvalue weighted by Gasteiger charge is -2.35. The lowest BCUT2D eigenvalue weighted by molar-refractivity contribution is -1.03. The van der Waals surface area contributed by atoms with Gasteiger partial charge in [0.05, 0.1) is 5.52 Å². The van der Waals surface area contributed by atoms with Gasteiger partial charge in [0.2, 0.25) is 0 Å². The van der Waals surface area contributed by atoms with Crippen molar-refractivity contribution < 1.29 is 9.80 Å². The Bertz CT molecular complexity index is 1120. The van der Waals surface area contributed by atoms with E-state index in [0.717, 1.165) is 48.8 Å². The van der Waals surface area contributed by atoms with Crippen LogP contribution in [0.3, 0.4) is 0 Å². The van der Waals surface area contributed by atoms with E-state index in [9.17, 15) is 4.79 Å². The maximum absolute atomic E-state index is 12.3. The fourth-order valence-electron chi connectivity index (χ4n) is 4.59. The Morgan fingerprint density at radius 3 is 2.17 bits per heavy atom. The molecule has 5 nitrogen and oxygen atoms in total. The van der Waals surface area contributed by atoms with Crippen molar-refractivity contribution in [1.82, 2.24) is 9.97 Å². The standard InChI is InChI=1S/C24H24N4OS/c29-24-23-20(11-16-30-23)25-21(26-24)17-27-12-14-28(15-13-27)22(18-7-3-1-4-8-18)19-9-5-2-6-10-19/h1-11,16,22H,12-15,17H2,(H,25,26,29)/p+2. The van der Waals surface area contributed by atoms with Gasteiger partial charge >= 0.3 is 0 Å². The summed E-state index contributed by atoms with van der Waals surface area (Å²) in [6, 6.07) is 24.0. The van der Waals surface area contributed by atoms with E-state index < -0.39 is 0 Å². The number of H-pyrrole nitrogens is 1. The van der Waals surface area contributed by atoms with Gasteiger partial charge in [0.15, 0.2) is 5.82 Å². The van der Waals surface area contributed by atoms with Crippen LogP contribution in [-0.4, -0.2) is 36.1 Å². The molecule has 30 heavy (non-hydrogen) atoms. The van der Waals surface area contributed by atoms with Gasteiger partial charge in [-0.1, -0.05) is 60.7 Å². The number of thiophene rings is 1. The maximum atomic E-state index is 12.3. The van der Waals surface area contributed by atoms with Crippen LogP contribution in [0.5, 0.6) is 0 Å². The molecule has 0 spiro atoms. The summed E-state index contributed by atoms with van der Waals surface area (Å²) in [7, 11) is 0. The van der Waals surface area contributed by atoms with Crippen LogP contribution in [0.2, 0.25) is 0 Å². The lowest BCUT2D eigenvalue weighted by Crippen LogP contribution is -3.27. The maximum Gasteiger partial charge on any atom is 0.269 e. The number of nitrogens with one attached hydrogen (secondary N) is 3. The van der Waals surface area contributed by atoms with E-state index in [1.54, 1.807) is 4.90 Å². The monoisotopic (exact) mass is 418 g/mol. The Kier molecular flexibility index (Phi) is 5.45. The van der Waals surface area contributed by atoms with Crippen molar-refractivity contribution in [3.8, 4) is 0 Å². The fourth-order valence-corrected chi connectivity index (χ4v) is 5.31. The summed E-state index contributed by atoms with van der Waals surface area (Å²) in [6.45, 7) is 5.09. The summed E-state index contributed by atoms with van der Waals surface area (Å²) < 4.78 is 0.719. The molecule has 1 fully saturated rings. The summed E-state index contributed by atoms with van der Waals surface area (Å²) in [4.78, 5) is 23.0. The Hall–Kier alpha value is -2.80. The number of nitrogens with zero attached hydrogens (tertiary/aromatic N) is 1. The number of aromatic amines is 1. The predicted molar refractivity (Wildman–Crippen MR) is 120 cm³/mol. The van der Waals surface area contributed by atoms with E-state index in [2.05, 4.69) is 70.6 Å². The number of hydrogen-bond acceptors (Lipinski definition) is 3. The van der Waals surface area contributed by atoms with Crippen LogP contribution in [0, 0.1) is 0 Å². The zero-order valence-electron chi connectivity index (χ0n) is 16.8. The molecule has 0 aliphatic carbocycles. The van der Waals surface area contributed by atoms with Gasteiger partial charge in [0.25, 0.3) is 5.56 Å². The number of hydrogen-bond donors (Lipinski definition) is 3. The summed E-state index contributed by atoms with van der Waals surface area (Å²) in [5.74, 6) is 0.798. The number of aromatic nitrogens is 2. The highest BCUT2D eigenvalue weighted by Gasteiger charge is 2.32. The Morgan fingerprint density at radius 2 is 1.53 bits per heavy atom. The normalized spacial score (nSPS) is 19.4. The molecule has 0 atom stereocenters. The number of quaternary nitrogens is 2. The molecule has 6 heteroatoms. The first-order valence-electron chi connectivity index (χ1n) is 10.5.